The van der Waals surface area contributed by atoms with Crippen molar-refractivity contribution in [1.29, 1.82) is 0 Å². The minimum atomic E-state index is -0.0788. The van der Waals surface area contributed by atoms with E-state index in [1.807, 2.05) is 0 Å². The first kappa shape index (κ1) is 12.8. The van der Waals surface area contributed by atoms with Gasteiger partial charge in [-0.05, 0) is 26.4 Å². The van der Waals surface area contributed by atoms with Crippen molar-refractivity contribution in [1.82, 2.24) is 4.90 Å². The monoisotopic (exact) mass is 190 g/mol. The molecule has 1 unspecified atom stereocenters. The molecule has 3 N–H and O–H groups in total. The second-order valence-corrected chi connectivity index (χ2v) is 3.38. The highest BCUT2D eigenvalue weighted by molar-refractivity contribution is 4.61. The smallest absolute Gasteiger partial charge is 0.0583 e. The summed E-state index contributed by atoms with van der Waals surface area (Å²) in [7, 11) is 3.77. The maximum atomic E-state index is 8.70. The number of rotatable bonds is 8. The third-order valence-electron chi connectivity index (χ3n) is 2.00. The normalized spacial score (nSPS) is 13.6. The molecule has 0 saturated carbocycles. The van der Waals surface area contributed by atoms with Gasteiger partial charge in [0.1, 0.15) is 0 Å². The molecule has 0 aromatic carbocycles. The summed E-state index contributed by atoms with van der Waals surface area (Å²) in [5.74, 6) is 0. The lowest BCUT2D eigenvalue weighted by atomic mass is 10.2. The molecule has 0 bridgehead atoms. The summed E-state index contributed by atoms with van der Waals surface area (Å²) in [6, 6.07) is -0.0788. The van der Waals surface area contributed by atoms with E-state index in [0.717, 1.165) is 32.5 Å². The molecule has 0 rings (SSSR count). The number of methoxy groups -OCH3 is 1. The average Bonchev–Trinajstić information content (AvgIpc) is 2.14. The molecule has 0 heterocycles. The molecule has 0 radical (unpaired) electrons. The molecule has 0 spiro atoms. The third kappa shape index (κ3) is 8.18. The van der Waals surface area contributed by atoms with Crippen LogP contribution in [0.25, 0.3) is 0 Å². The Hall–Kier alpha value is -0.160. The van der Waals surface area contributed by atoms with Crippen molar-refractivity contribution in [2.24, 2.45) is 5.73 Å². The Morgan fingerprint density at radius 3 is 2.69 bits per heavy atom. The number of nitrogens with two attached hydrogens (primary N) is 1. The summed E-state index contributed by atoms with van der Waals surface area (Å²) in [4.78, 5) is 2.20. The summed E-state index contributed by atoms with van der Waals surface area (Å²) in [6.07, 6.45) is 1.89. The molecule has 0 amide bonds. The molecule has 0 aliphatic rings. The number of ether oxygens (including phenoxy) is 1. The highest BCUT2D eigenvalue weighted by Crippen LogP contribution is 1.93. The minimum absolute atomic E-state index is 0.0753. The van der Waals surface area contributed by atoms with Crippen molar-refractivity contribution in [3.8, 4) is 0 Å². The molecular formula is C9H22N2O2. The highest BCUT2D eigenvalue weighted by atomic mass is 16.5. The number of hydrogen-bond donors (Lipinski definition) is 2. The van der Waals surface area contributed by atoms with Crippen LogP contribution in [0.15, 0.2) is 0 Å². The van der Waals surface area contributed by atoms with Crippen molar-refractivity contribution in [2.45, 2.75) is 18.9 Å². The molecule has 1 atom stereocenters. The lowest BCUT2D eigenvalue weighted by Gasteiger charge is -2.17. The lowest BCUT2D eigenvalue weighted by Crippen LogP contribution is -2.31. The molecule has 4 heteroatoms. The van der Waals surface area contributed by atoms with Gasteiger partial charge in [-0.25, -0.2) is 0 Å². The van der Waals surface area contributed by atoms with Gasteiger partial charge >= 0.3 is 0 Å². The quantitative estimate of drug-likeness (QED) is 0.514. The van der Waals surface area contributed by atoms with Gasteiger partial charge in [0.2, 0.25) is 0 Å². The van der Waals surface area contributed by atoms with E-state index in [0.29, 0.717) is 0 Å². The minimum Gasteiger partial charge on any atom is -0.395 e. The fraction of sp³-hybridized carbons (Fsp3) is 1.00. The number of aliphatic hydroxyl groups is 1. The van der Waals surface area contributed by atoms with E-state index < -0.39 is 0 Å². The first-order valence-corrected chi connectivity index (χ1v) is 4.74. The van der Waals surface area contributed by atoms with Gasteiger partial charge in [0.05, 0.1) is 6.61 Å². The lowest BCUT2D eigenvalue weighted by molar-refractivity contribution is 0.176. The largest absolute Gasteiger partial charge is 0.395 e. The molecule has 0 aromatic heterocycles. The van der Waals surface area contributed by atoms with Crippen molar-refractivity contribution >= 4 is 0 Å². The number of hydrogen-bond acceptors (Lipinski definition) is 4. The van der Waals surface area contributed by atoms with Gasteiger partial charge in [0, 0.05) is 26.3 Å². The topological polar surface area (TPSA) is 58.7 Å². The Morgan fingerprint density at radius 1 is 1.46 bits per heavy atom. The second-order valence-electron chi connectivity index (χ2n) is 3.38. The van der Waals surface area contributed by atoms with Crippen molar-refractivity contribution in [3.05, 3.63) is 0 Å². The predicted molar refractivity (Wildman–Crippen MR) is 53.7 cm³/mol. The number of aliphatic hydroxyl groups excluding tert-OH is 1. The van der Waals surface area contributed by atoms with Crippen LogP contribution in [0, 0.1) is 0 Å². The summed E-state index contributed by atoms with van der Waals surface area (Å²) >= 11 is 0. The van der Waals surface area contributed by atoms with Gasteiger partial charge in [-0.2, -0.15) is 0 Å². The Balaban J connectivity index is 3.24. The van der Waals surface area contributed by atoms with E-state index in [1.54, 1.807) is 7.11 Å². The van der Waals surface area contributed by atoms with Gasteiger partial charge in [0.15, 0.2) is 0 Å². The van der Waals surface area contributed by atoms with Crippen LogP contribution in [0.2, 0.25) is 0 Å². The van der Waals surface area contributed by atoms with Crippen LogP contribution < -0.4 is 5.73 Å². The standard InChI is InChI=1S/C9H22N2O2/c1-11(5-3-7-13-2)6-4-9(10)8-12/h9,12H,3-8,10H2,1-2H3. The number of nitrogens with zero attached hydrogens (tertiary/aromatic N) is 1. The van der Waals surface area contributed by atoms with Gasteiger partial charge in [-0.3, -0.25) is 0 Å². The second kappa shape index (κ2) is 8.44. The van der Waals surface area contributed by atoms with E-state index in [2.05, 4.69) is 11.9 Å². The van der Waals surface area contributed by atoms with Gasteiger partial charge < -0.3 is 20.5 Å². The van der Waals surface area contributed by atoms with Crippen LogP contribution in [0.1, 0.15) is 12.8 Å². The van der Waals surface area contributed by atoms with Crippen LogP contribution in [0.5, 0.6) is 0 Å². The first-order valence-electron chi connectivity index (χ1n) is 4.74. The summed E-state index contributed by atoms with van der Waals surface area (Å²) in [5, 5.41) is 8.70. The van der Waals surface area contributed by atoms with Gasteiger partial charge in [0.25, 0.3) is 0 Å². The van der Waals surface area contributed by atoms with E-state index in [9.17, 15) is 0 Å². The molecule has 0 saturated heterocycles. The molecule has 0 aromatic rings. The summed E-state index contributed by atoms with van der Waals surface area (Å²) in [5.41, 5.74) is 5.57. The highest BCUT2D eigenvalue weighted by Gasteiger charge is 2.02. The van der Waals surface area contributed by atoms with Crippen LogP contribution in [-0.2, 0) is 4.74 Å². The van der Waals surface area contributed by atoms with Crippen molar-refractivity contribution in [2.75, 3.05) is 40.5 Å². The van der Waals surface area contributed by atoms with Crippen LogP contribution in [-0.4, -0.2) is 56.5 Å². The third-order valence-corrected chi connectivity index (χ3v) is 2.00. The zero-order valence-electron chi connectivity index (χ0n) is 8.70. The van der Waals surface area contributed by atoms with E-state index in [4.69, 9.17) is 15.6 Å². The summed E-state index contributed by atoms with van der Waals surface area (Å²) < 4.78 is 4.95. The molecule has 0 aliphatic heterocycles. The molecule has 4 nitrogen and oxygen atoms in total. The fourth-order valence-electron chi connectivity index (χ4n) is 1.07. The first-order chi connectivity index (χ1) is 6.20. The predicted octanol–water partition coefficient (Wildman–Crippen LogP) is -0.336. The van der Waals surface area contributed by atoms with Gasteiger partial charge in [-0.15, -0.1) is 0 Å². The van der Waals surface area contributed by atoms with Crippen molar-refractivity contribution in [3.63, 3.8) is 0 Å². The Morgan fingerprint density at radius 2 is 2.15 bits per heavy atom. The van der Waals surface area contributed by atoms with E-state index in [1.165, 1.54) is 0 Å². The van der Waals surface area contributed by atoms with E-state index >= 15 is 0 Å². The maximum absolute atomic E-state index is 8.70. The van der Waals surface area contributed by atoms with E-state index in [-0.39, 0.29) is 12.6 Å². The fourth-order valence-corrected chi connectivity index (χ4v) is 1.07. The SMILES string of the molecule is COCCCN(C)CCC(N)CO. The molecule has 13 heavy (non-hydrogen) atoms. The van der Waals surface area contributed by atoms with Crippen LogP contribution in [0.3, 0.4) is 0 Å². The summed E-state index contributed by atoms with van der Waals surface area (Å²) in [6.45, 7) is 2.83. The van der Waals surface area contributed by atoms with Gasteiger partial charge in [-0.1, -0.05) is 0 Å². The Labute approximate surface area is 80.7 Å². The van der Waals surface area contributed by atoms with Crippen molar-refractivity contribution < 1.29 is 9.84 Å². The average molecular weight is 190 g/mol. The zero-order valence-corrected chi connectivity index (χ0v) is 8.70. The molecular weight excluding hydrogens is 168 g/mol. The van der Waals surface area contributed by atoms with Crippen LogP contribution >= 0.6 is 0 Å². The maximum Gasteiger partial charge on any atom is 0.0583 e. The van der Waals surface area contributed by atoms with Crippen LogP contribution in [0.4, 0.5) is 0 Å². The molecule has 80 valence electrons. The Kier molecular flexibility index (Phi) is 8.33. The molecule has 0 fully saturated rings. The zero-order chi connectivity index (χ0) is 10.1. The molecule has 0 aliphatic carbocycles. The Bertz CT molecular complexity index is 112.